The maximum absolute atomic E-state index is 11.7. The zero-order valence-corrected chi connectivity index (χ0v) is 16.3. The molecule has 1 aromatic carbocycles. The van der Waals surface area contributed by atoms with E-state index in [0.29, 0.717) is 18.9 Å². The molecule has 4 rings (SSSR count). The lowest BCUT2D eigenvalue weighted by molar-refractivity contribution is -0.124. The Morgan fingerprint density at radius 3 is 3.03 bits per heavy atom. The number of anilines is 2. The summed E-state index contributed by atoms with van der Waals surface area (Å²) in [5.74, 6) is 0.794. The van der Waals surface area contributed by atoms with Gasteiger partial charge in [0.2, 0.25) is 5.91 Å². The Bertz CT molecular complexity index is 1020. The summed E-state index contributed by atoms with van der Waals surface area (Å²) in [5.41, 5.74) is 14.4. The fourth-order valence-corrected chi connectivity index (χ4v) is 3.80. The van der Waals surface area contributed by atoms with E-state index in [0.717, 1.165) is 35.5 Å². The lowest BCUT2D eigenvalue weighted by Gasteiger charge is -2.35. The molecule has 0 bridgehead atoms. The fourth-order valence-electron chi connectivity index (χ4n) is 3.80. The fraction of sp³-hybridized carbons (Fsp3) is 0.350. The van der Waals surface area contributed by atoms with Gasteiger partial charge in [0, 0.05) is 43.6 Å². The number of piperidine rings is 1. The Hall–Kier alpha value is -3.17. The van der Waals surface area contributed by atoms with E-state index in [4.69, 9.17) is 16.2 Å². The molecule has 9 heteroatoms. The maximum atomic E-state index is 11.7. The minimum Gasteiger partial charge on any atom is -0.497 e. The molecular formula is C20H25N7O2. The van der Waals surface area contributed by atoms with Crippen molar-refractivity contribution in [3.63, 3.8) is 0 Å². The molecule has 29 heavy (non-hydrogen) atoms. The van der Waals surface area contributed by atoms with Gasteiger partial charge in [0.1, 0.15) is 17.6 Å². The number of nitrogens with zero attached hydrogens (tertiary/aromatic N) is 4. The van der Waals surface area contributed by atoms with Crippen LogP contribution in [0.4, 0.5) is 11.5 Å². The Balaban J connectivity index is 1.60. The monoisotopic (exact) mass is 395 g/mol. The van der Waals surface area contributed by atoms with Crippen LogP contribution in [0.3, 0.4) is 0 Å². The highest BCUT2D eigenvalue weighted by molar-refractivity contribution is 5.78. The van der Waals surface area contributed by atoms with Crippen LogP contribution < -0.4 is 21.5 Å². The normalized spacial score (nSPS) is 19.9. The van der Waals surface area contributed by atoms with E-state index in [-0.39, 0.29) is 17.9 Å². The highest BCUT2D eigenvalue weighted by atomic mass is 16.5. The first-order valence-corrected chi connectivity index (χ1v) is 9.54. The van der Waals surface area contributed by atoms with Crippen LogP contribution in [-0.2, 0) is 11.3 Å². The number of aromatic nitrogens is 3. The van der Waals surface area contributed by atoms with Crippen molar-refractivity contribution in [1.29, 1.82) is 0 Å². The molecule has 3 heterocycles. The second-order valence-electron chi connectivity index (χ2n) is 7.30. The van der Waals surface area contributed by atoms with Crippen LogP contribution in [0.2, 0.25) is 0 Å². The van der Waals surface area contributed by atoms with Gasteiger partial charge in [-0.05, 0) is 30.2 Å². The van der Waals surface area contributed by atoms with Crippen LogP contribution in [0.15, 0.2) is 42.9 Å². The summed E-state index contributed by atoms with van der Waals surface area (Å²) >= 11 is 0. The maximum Gasteiger partial charge on any atom is 0.223 e. The van der Waals surface area contributed by atoms with Crippen LogP contribution in [0, 0.1) is 5.92 Å². The van der Waals surface area contributed by atoms with Crippen LogP contribution in [0.25, 0.3) is 5.52 Å². The molecule has 0 radical (unpaired) electrons. The van der Waals surface area contributed by atoms with Crippen LogP contribution in [-0.4, -0.2) is 51.6 Å². The number of primary amides is 1. The predicted molar refractivity (Wildman–Crippen MR) is 110 cm³/mol. The average Bonchev–Trinajstić information content (AvgIpc) is 3.13. The molecule has 0 saturated carbocycles. The predicted octanol–water partition coefficient (Wildman–Crippen LogP) is 1.12. The van der Waals surface area contributed by atoms with E-state index in [1.807, 2.05) is 36.5 Å². The van der Waals surface area contributed by atoms with Crippen molar-refractivity contribution in [2.45, 2.75) is 19.0 Å². The van der Waals surface area contributed by atoms with Gasteiger partial charge in [-0.1, -0.05) is 6.07 Å². The number of fused-ring (bicyclic) bond motifs is 1. The quantitative estimate of drug-likeness (QED) is 0.571. The number of likely N-dealkylation sites (tertiary alicyclic amines) is 1. The molecule has 1 aliphatic rings. The van der Waals surface area contributed by atoms with Gasteiger partial charge in [-0.2, -0.15) is 5.10 Å². The van der Waals surface area contributed by atoms with E-state index < -0.39 is 0 Å². The second-order valence-corrected chi connectivity index (χ2v) is 7.30. The van der Waals surface area contributed by atoms with E-state index >= 15 is 0 Å². The molecule has 1 fully saturated rings. The van der Waals surface area contributed by atoms with E-state index in [9.17, 15) is 4.79 Å². The molecule has 3 aromatic rings. The van der Waals surface area contributed by atoms with Crippen LogP contribution >= 0.6 is 0 Å². The van der Waals surface area contributed by atoms with Crippen molar-refractivity contribution in [3.8, 4) is 5.75 Å². The lowest BCUT2D eigenvalue weighted by Crippen LogP contribution is -2.51. The highest BCUT2D eigenvalue weighted by Gasteiger charge is 2.31. The minimum atomic E-state index is -0.340. The smallest absolute Gasteiger partial charge is 0.223 e. The third-order valence-corrected chi connectivity index (χ3v) is 5.38. The van der Waals surface area contributed by atoms with Crippen molar-refractivity contribution >= 4 is 22.9 Å². The molecule has 2 atom stereocenters. The molecule has 1 unspecified atom stereocenters. The zero-order chi connectivity index (χ0) is 20.4. The van der Waals surface area contributed by atoms with E-state index in [1.54, 1.807) is 11.6 Å². The van der Waals surface area contributed by atoms with Crippen molar-refractivity contribution in [1.82, 2.24) is 19.5 Å². The summed E-state index contributed by atoms with van der Waals surface area (Å²) in [6, 6.07) is 9.51. The Morgan fingerprint density at radius 2 is 2.24 bits per heavy atom. The Kier molecular flexibility index (Phi) is 5.32. The Labute approximate surface area is 168 Å². The first-order chi connectivity index (χ1) is 14.0. The number of methoxy groups -OCH3 is 1. The second kappa shape index (κ2) is 8.06. The third kappa shape index (κ3) is 4.01. The molecule has 1 amide bonds. The molecule has 1 saturated heterocycles. The van der Waals surface area contributed by atoms with Gasteiger partial charge < -0.3 is 21.5 Å². The molecule has 0 spiro atoms. The number of ether oxygens (including phenoxy) is 1. The molecule has 2 aromatic heterocycles. The largest absolute Gasteiger partial charge is 0.497 e. The topological polar surface area (TPSA) is 124 Å². The summed E-state index contributed by atoms with van der Waals surface area (Å²) in [7, 11) is 1.64. The molecule has 0 aliphatic carbocycles. The van der Waals surface area contributed by atoms with Crippen molar-refractivity contribution in [2.24, 2.45) is 17.4 Å². The summed E-state index contributed by atoms with van der Waals surface area (Å²) in [6.45, 7) is 2.03. The summed E-state index contributed by atoms with van der Waals surface area (Å²) in [5, 5.41) is 7.67. The zero-order valence-electron chi connectivity index (χ0n) is 16.3. The number of hydrogen-bond acceptors (Lipinski definition) is 7. The number of amides is 1. The number of benzene rings is 1. The van der Waals surface area contributed by atoms with Gasteiger partial charge in [0.05, 0.1) is 13.0 Å². The lowest BCUT2D eigenvalue weighted by atomic mass is 9.92. The number of carbonyl (C=O) groups is 1. The molecular weight excluding hydrogens is 370 g/mol. The number of rotatable bonds is 6. The van der Waals surface area contributed by atoms with E-state index in [1.165, 1.54) is 6.33 Å². The standard InChI is InChI=1S/C20H25N7O2/c1-29-15-4-2-3-14(9-15)25-20-18-13(5-8-27(18)24-12-23-20)10-26-7-6-17(21)16(11-26)19(22)28/h2-5,8-9,12,16-17H,6-7,10-11,21H2,1H3,(H2,22,28)(H,23,24,25)/t16-,17?/m1/s1. The Morgan fingerprint density at radius 1 is 1.38 bits per heavy atom. The minimum absolute atomic E-state index is 0.178. The molecule has 1 aliphatic heterocycles. The van der Waals surface area contributed by atoms with Gasteiger partial charge >= 0.3 is 0 Å². The van der Waals surface area contributed by atoms with Crippen molar-refractivity contribution < 1.29 is 9.53 Å². The van der Waals surface area contributed by atoms with Gasteiger partial charge in [-0.15, -0.1) is 0 Å². The summed E-state index contributed by atoms with van der Waals surface area (Å²) < 4.78 is 7.09. The van der Waals surface area contributed by atoms with Crippen LogP contribution in [0.1, 0.15) is 12.0 Å². The number of nitrogens with two attached hydrogens (primary N) is 2. The summed E-state index contributed by atoms with van der Waals surface area (Å²) in [6.07, 6.45) is 4.16. The number of carbonyl (C=O) groups excluding carboxylic acids is 1. The van der Waals surface area contributed by atoms with Gasteiger partial charge in [-0.3, -0.25) is 9.69 Å². The van der Waals surface area contributed by atoms with Gasteiger partial charge in [-0.25, -0.2) is 9.50 Å². The highest BCUT2D eigenvalue weighted by Crippen LogP contribution is 2.27. The number of nitrogens with one attached hydrogen (secondary N) is 1. The molecule has 5 N–H and O–H groups in total. The average molecular weight is 395 g/mol. The van der Waals surface area contributed by atoms with Crippen molar-refractivity contribution in [2.75, 3.05) is 25.5 Å². The number of hydrogen-bond donors (Lipinski definition) is 3. The summed E-state index contributed by atoms with van der Waals surface area (Å²) in [4.78, 5) is 18.4. The van der Waals surface area contributed by atoms with Crippen molar-refractivity contribution in [3.05, 3.63) is 48.4 Å². The molecule has 9 nitrogen and oxygen atoms in total. The van der Waals surface area contributed by atoms with Crippen LogP contribution in [0.5, 0.6) is 5.75 Å². The van der Waals surface area contributed by atoms with E-state index in [2.05, 4.69) is 20.3 Å². The third-order valence-electron chi connectivity index (χ3n) is 5.38. The van der Waals surface area contributed by atoms with Gasteiger partial charge in [0.15, 0.2) is 5.82 Å². The van der Waals surface area contributed by atoms with Gasteiger partial charge in [0.25, 0.3) is 0 Å². The molecule has 152 valence electrons. The first kappa shape index (κ1) is 19.2. The SMILES string of the molecule is COc1cccc(Nc2ncnn3ccc(CN4CCC(N)[C@H](C(N)=O)C4)c23)c1. The first-order valence-electron chi connectivity index (χ1n) is 9.54.